The highest BCUT2D eigenvalue weighted by Gasteiger charge is 2.16. The number of nitrogens with zero attached hydrogens (tertiary/aromatic N) is 2. The molecule has 118 valence electrons. The molecule has 3 rings (SSSR count). The summed E-state index contributed by atoms with van der Waals surface area (Å²) in [7, 11) is 0. The molecule has 0 atom stereocenters. The lowest BCUT2D eigenvalue weighted by Crippen LogP contribution is -2.00. The van der Waals surface area contributed by atoms with Crippen LogP contribution in [-0.2, 0) is 6.42 Å². The summed E-state index contributed by atoms with van der Waals surface area (Å²) in [6.07, 6.45) is 3.30. The second kappa shape index (κ2) is 6.34. The predicted octanol–water partition coefficient (Wildman–Crippen LogP) is 4.56. The normalized spacial score (nSPS) is 10.9. The maximum Gasteiger partial charge on any atom is 0.128 e. The lowest BCUT2D eigenvalue weighted by atomic mass is 10.0. The Kier molecular flexibility index (Phi) is 4.26. The summed E-state index contributed by atoms with van der Waals surface area (Å²) in [6.45, 7) is 2.04. The van der Waals surface area contributed by atoms with E-state index in [9.17, 15) is 10.2 Å². The van der Waals surface area contributed by atoms with Gasteiger partial charge in [0.1, 0.15) is 11.5 Å². The number of halogens is 1. The van der Waals surface area contributed by atoms with Gasteiger partial charge in [0.2, 0.25) is 0 Å². The first kappa shape index (κ1) is 15.4. The molecule has 1 aromatic heterocycles. The third-order valence-electron chi connectivity index (χ3n) is 3.72. The number of aromatic hydroxyl groups is 2. The Hall–Kier alpha value is -2.46. The topological polar surface area (TPSA) is 58.3 Å². The van der Waals surface area contributed by atoms with Gasteiger partial charge in [0.25, 0.3) is 0 Å². The van der Waals surface area contributed by atoms with Crippen LogP contribution in [0.25, 0.3) is 16.9 Å². The van der Waals surface area contributed by atoms with Crippen molar-refractivity contribution in [3.8, 4) is 28.4 Å². The maximum absolute atomic E-state index is 10.3. The van der Waals surface area contributed by atoms with Gasteiger partial charge in [0, 0.05) is 11.6 Å². The fourth-order valence-electron chi connectivity index (χ4n) is 2.62. The molecular weight excluding hydrogens is 312 g/mol. The molecule has 0 aliphatic heterocycles. The number of aromatic nitrogens is 2. The van der Waals surface area contributed by atoms with E-state index in [-0.39, 0.29) is 11.5 Å². The minimum absolute atomic E-state index is 0.0103. The monoisotopic (exact) mass is 328 g/mol. The minimum Gasteiger partial charge on any atom is -0.508 e. The molecule has 23 heavy (non-hydrogen) atoms. The fourth-order valence-corrected chi connectivity index (χ4v) is 2.84. The molecule has 0 amide bonds. The maximum atomic E-state index is 10.3. The Balaban J connectivity index is 2.16. The van der Waals surface area contributed by atoms with E-state index in [0.717, 1.165) is 24.1 Å². The summed E-state index contributed by atoms with van der Waals surface area (Å²) in [5, 5.41) is 25.1. The summed E-state index contributed by atoms with van der Waals surface area (Å²) in [6, 6.07) is 12.4. The van der Waals surface area contributed by atoms with Crippen LogP contribution < -0.4 is 0 Å². The second-order valence-corrected chi connectivity index (χ2v) is 5.73. The van der Waals surface area contributed by atoms with Crippen molar-refractivity contribution >= 4 is 11.6 Å². The first-order chi connectivity index (χ1) is 11.1. The van der Waals surface area contributed by atoms with Gasteiger partial charge in [-0.05, 0) is 36.2 Å². The van der Waals surface area contributed by atoms with Crippen molar-refractivity contribution in [3.05, 3.63) is 59.2 Å². The van der Waals surface area contributed by atoms with Gasteiger partial charge < -0.3 is 10.2 Å². The molecule has 0 spiro atoms. The molecule has 0 saturated heterocycles. The smallest absolute Gasteiger partial charge is 0.128 e. The molecule has 1 heterocycles. The first-order valence-corrected chi connectivity index (χ1v) is 7.83. The van der Waals surface area contributed by atoms with Gasteiger partial charge >= 0.3 is 0 Å². The van der Waals surface area contributed by atoms with Crippen LogP contribution in [0, 0.1) is 0 Å². The highest BCUT2D eigenvalue weighted by atomic mass is 35.5. The summed E-state index contributed by atoms with van der Waals surface area (Å²) >= 11 is 6.26. The molecular formula is C18H17ClN2O2. The van der Waals surface area contributed by atoms with Crippen LogP contribution in [0.3, 0.4) is 0 Å². The van der Waals surface area contributed by atoms with Crippen molar-refractivity contribution < 1.29 is 10.2 Å². The third kappa shape index (κ3) is 2.90. The van der Waals surface area contributed by atoms with E-state index in [4.69, 9.17) is 11.6 Å². The molecule has 0 saturated carbocycles. The molecule has 0 bridgehead atoms. The largest absolute Gasteiger partial charge is 0.508 e. The number of phenolic OH excluding ortho intramolecular Hbond substituents is 2. The average molecular weight is 329 g/mol. The number of aryl methyl sites for hydroxylation is 1. The Morgan fingerprint density at radius 1 is 1.09 bits per heavy atom. The van der Waals surface area contributed by atoms with Gasteiger partial charge in [-0.3, -0.25) is 0 Å². The SMILES string of the molecule is CCCc1cc(-c2ccnn2-c2ccccc2Cl)c(O)cc1O. The van der Waals surface area contributed by atoms with Crippen LogP contribution in [0.4, 0.5) is 0 Å². The summed E-state index contributed by atoms with van der Waals surface area (Å²) in [4.78, 5) is 0. The van der Waals surface area contributed by atoms with E-state index in [2.05, 4.69) is 5.10 Å². The van der Waals surface area contributed by atoms with E-state index >= 15 is 0 Å². The summed E-state index contributed by atoms with van der Waals surface area (Å²) < 4.78 is 1.68. The molecule has 0 unspecified atom stereocenters. The standard InChI is InChI=1S/C18H17ClN2O2/c1-2-5-12-10-13(18(23)11-17(12)22)15-8-9-20-21(15)16-7-4-3-6-14(16)19/h3-4,6-11,22-23H,2,5H2,1H3. The fraction of sp³-hybridized carbons (Fsp3) is 0.167. The van der Waals surface area contributed by atoms with Crippen LogP contribution >= 0.6 is 11.6 Å². The molecule has 0 fully saturated rings. The Morgan fingerprint density at radius 3 is 2.61 bits per heavy atom. The van der Waals surface area contributed by atoms with Crippen molar-refractivity contribution in [1.82, 2.24) is 9.78 Å². The van der Waals surface area contributed by atoms with E-state index in [1.54, 1.807) is 23.0 Å². The van der Waals surface area contributed by atoms with Crippen molar-refractivity contribution in [3.63, 3.8) is 0 Å². The Labute approximate surface area is 139 Å². The zero-order valence-corrected chi connectivity index (χ0v) is 13.5. The second-order valence-electron chi connectivity index (χ2n) is 5.33. The number of para-hydroxylation sites is 1. The van der Waals surface area contributed by atoms with Gasteiger partial charge in [0.15, 0.2) is 0 Å². The predicted molar refractivity (Wildman–Crippen MR) is 91.3 cm³/mol. The van der Waals surface area contributed by atoms with Gasteiger partial charge in [-0.1, -0.05) is 37.1 Å². The molecule has 4 nitrogen and oxygen atoms in total. The number of benzene rings is 2. The molecule has 2 aromatic carbocycles. The van der Waals surface area contributed by atoms with Gasteiger partial charge in [0.05, 0.1) is 22.6 Å². The number of hydrogen-bond acceptors (Lipinski definition) is 3. The van der Waals surface area contributed by atoms with E-state index in [1.165, 1.54) is 6.07 Å². The number of hydrogen-bond donors (Lipinski definition) is 2. The van der Waals surface area contributed by atoms with E-state index < -0.39 is 0 Å². The van der Waals surface area contributed by atoms with Crippen molar-refractivity contribution in [2.75, 3.05) is 0 Å². The highest BCUT2D eigenvalue weighted by molar-refractivity contribution is 6.32. The molecule has 0 radical (unpaired) electrons. The van der Waals surface area contributed by atoms with Crippen LogP contribution in [0.5, 0.6) is 11.5 Å². The first-order valence-electron chi connectivity index (χ1n) is 7.46. The number of phenols is 2. The Morgan fingerprint density at radius 2 is 1.87 bits per heavy atom. The molecule has 2 N–H and O–H groups in total. The average Bonchev–Trinajstić information content (AvgIpc) is 2.99. The van der Waals surface area contributed by atoms with Crippen LogP contribution in [0.2, 0.25) is 5.02 Å². The molecule has 5 heteroatoms. The van der Waals surface area contributed by atoms with E-state index in [0.29, 0.717) is 16.3 Å². The zero-order chi connectivity index (χ0) is 16.4. The number of rotatable bonds is 4. The summed E-state index contributed by atoms with van der Waals surface area (Å²) in [5.41, 5.74) is 2.86. The molecule has 3 aromatic rings. The lowest BCUT2D eigenvalue weighted by molar-refractivity contribution is 0.446. The molecule has 0 aliphatic rings. The lowest BCUT2D eigenvalue weighted by Gasteiger charge is -2.13. The van der Waals surface area contributed by atoms with Crippen molar-refractivity contribution in [2.24, 2.45) is 0 Å². The zero-order valence-electron chi connectivity index (χ0n) is 12.7. The van der Waals surface area contributed by atoms with Crippen molar-refractivity contribution in [1.29, 1.82) is 0 Å². The Bertz CT molecular complexity index is 843. The van der Waals surface area contributed by atoms with E-state index in [1.807, 2.05) is 31.2 Å². The van der Waals surface area contributed by atoms with Crippen molar-refractivity contribution in [2.45, 2.75) is 19.8 Å². The van der Waals surface area contributed by atoms with Crippen LogP contribution in [-0.4, -0.2) is 20.0 Å². The highest BCUT2D eigenvalue weighted by Crippen LogP contribution is 2.36. The van der Waals surface area contributed by atoms with Crippen LogP contribution in [0.15, 0.2) is 48.7 Å². The van der Waals surface area contributed by atoms with Gasteiger partial charge in [-0.25, -0.2) is 4.68 Å². The van der Waals surface area contributed by atoms with Gasteiger partial charge in [-0.15, -0.1) is 0 Å². The molecule has 0 aliphatic carbocycles. The quantitative estimate of drug-likeness (QED) is 0.738. The van der Waals surface area contributed by atoms with Gasteiger partial charge in [-0.2, -0.15) is 5.10 Å². The minimum atomic E-state index is 0.0103. The van der Waals surface area contributed by atoms with Crippen LogP contribution in [0.1, 0.15) is 18.9 Å². The third-order valence-corrected chi connectivity index (χ3v) is 4.04. The summed E-state index contributed by atoms with van der Waals surface area (Å²) in [5.74, 6) is 0.119.